The first-order chi connectivity index (χ1) is 15.7. The van der Waals surface area contributed by atoms with Crippen molar-refractivity contribution in [3.05, 3.63) is 91.1 Å². The fraction of sp³-hybridized carbons (Fsp3) is 0.148. The number of hydrogen-bond acceptors (Lipinski definition) is 4. The minimum atomic E-state index is -0.537. The van der Waals surface area contributed by atoms with Gasteiger partial charge in [-0.2, -0.15) is 0 Å². The number of hydrogen-bond donors (Lipinski definition) is 2. The summed E-state index contributed by atoms with van der Waals surface area (Å²) in [5.74, 6) is -0.0600. The van der Waals surface area contributed by atoms with E-state index < -0.39 is 5.54 Å². The second-order valence-electron chi connectivity index (χ2n) is 8.04. The van der Waals surface area contributed by atoms with Crippen LogP contribution in [0.4, 0.5) is 11.4 Å². The molecular formula is C27H24N4O. The molecule has 1 unspecified atom stereocenters. The van der Waals surface area contributed by atoms with E-state index in [0.29, 0.717) is 13.0 Å². The van der Waals surface area contributed by atoms with Crippen LogP contribution in [-0.4, -0.2) is 29.2 Å². The molecule has 158 valence electrons. The molecule has 1 atom stereocenters. The molecule has 1 aromatic heterocycles. The molecule has 0 saturated heterocycles. The largest absolute Gasteiger partial charge is 0.384 e. The van der Waals surface area contributed by atoms with Crippen LogP contribution in [0.5, 0.6) is 0 Å². The van der Waals surface area contributed by atoms with E-state index in [-0.39, 0.29) is 12.3 Å². The molecule has 0 aliphatic carbocycles. The van der Waals surface area contributed by atoms with Crippen LogP contribution in [0.1, 0.15) is 12.8 Å². The number of carbonyl (C=O) groups is 1. The number of rotatable bonds is 7. The summed E-state index contributed by atoms with van der Waals surface area (Å²) in [5, 5.41) is 9.93. The molecule has 0 bridgehead atoms. The lowest BCUT2D eigenvalue weighted by atomic mass is 9.92. The number of fused-ring (bicyclic) bond motifs is 2. The third-order valence-electron chi connectivity index (χ3n) is 5.87. The van der Waals surface area contributed by atoms with Crippen LogP contribution in [0.15, 0.2) is 96.1 Å². The van der Waals surface area contributed by atoms with Gasteiger partial charge in [-0.1, -0.05) is 48.5 Å². The maximum atomic E-state index is 13.0. The normalized spacial score (nSPS) is 17.1. The second kappa shape index (κ2) is 8.63. The van der Waals surface area contributed by atoms with Crippen molar-refractivity contribution in [2.75, 3.05) is 17.2 Å². The minimum absolute atomic E-state index is 0.0600. The average Bonchev–Trinajstić information content (AvgIpc) is 3.27. The Morgan fingerprint density at radius 2 is 1.69 bits per heavy atom. The summed E-state index contributed by atoms with van der Waals surface area (Å²) in [6.07, 6.45) is 8.49. The highest BCUT2D eigenvalue weighted by Gasteiger charge is 2.30. The molecule has 1 amide bonds. The SMILES string of the molecule is O=C(CC1(CCNc2cccc3ccccc23)C=CC=N1)Nc1cccc2ncccc12. The van der Waals surface area contributed by atoms with E-state index in [2.05, 4.69) is 50.9 Å². The Kier molecular flexibility index (Phi) is 5.38. The lowest BCUT2D eigenvalue weighted by Crippen LogP contribution is -2.31. The van der Waals surface area contributed by atoms with Crippen molar-refractivity contribution < 1.29 is 4.79 Å². The lowest BCUT2D eigenvalue weighted by molar-refractivity contribution is -0.117. The van der Waals surface area contributed by atoms with Gasteiger partial charge >= 0.3 is 0 Å². The first kappa shape index (κ1) is 19.9. The summed E-state index contributed by atoms with van der Waals surface area (Å²) < 4.78 is 0. The van der Waals surface area contributed by atoms with Gasteiger partial charge in [0, 0.05) is 35.4 Å². The number of pyridine rings is 1. The Bertz CT molecular complexity index is 1320. The number of allylic oxidation sites excluding steroid dienone is 1. The van der Waals surface area contributed by atoms with Gasteiger partial charge in [0.2, 0.25) is 5.91 Å². The van der Waals surface area contributed by atoms with Gasteiger partial charge in [0.05, 0.1) is 23.2 Å². The molecule has 0 saturated carbocycles. The van der Waals surface area contributed by atoms with Crippen molar-refractivity contribution in [2.45, 2.75) is 18.4 Å². The topological polar surface area (TPSA) is 66.4 Å². The molecular weight excluding hydrogens is 396 g/mol. The quantitative estimate of drug-likeness (QED) is 0.409. The first-order valence-electron chi connectivity index (χ1n) is 10.8. The van der Waals surface area contributed by atoms with Gasteiger partial charge in [-0.25, -0.2) is 0 Å². The third-order valence-corrected chi connectivity index (χ3v) is 5.87. The van der Waals surface area contributed by atoms with Crippen LogP contribution in [0.2, 0.25) is 0 Å². The van der Waals surface area contributed by atoms with Crippen molar-refractivity contribution in [2.24, 2.45) is 4.99 Å². The summed E-state index contributed by atoms with van der Waals surface area (Å²) >= 11 is 0. The summed E-state index contributed by atoms with van der Waals surface area (Å²) in [7, 11) is 0. The Morgan fingerprint density at radius 3 is 2.59 bits per heavy atom. The summed E-state index contributed by atoms with van der Waals surface area (Å²) in [5.41, 5.74) is 2.19. The van der Waals surface area contributed by atoms with Gasteiger partial charge in [0.1, 0.15) is 0 Å². The molecule has 5 nitrogen and oxygen atoms in total. The molecule has 5 heteroatoms. The summed E-state index contributed by atoms with van der Waals surface area (Å²) in [4.78, 5) is 22.0. The maximum absolute atomic E-state index is 13.0. The van der Waals surface area contributed by atoms with Gasteiger partial charge in [0.25, 0.3) is 0 Å². The van der Waals surface area contributed by atoms with E-state index >= 15 is 0 Å². The van der Waals surface area contributed by atoms with Crippen molar-refractivity contribution in [1.29, 1.82) is 0 Å². The van der Waals surface area contributed by atoms with Gasteiger partial charge in [-0.15, -0.1) is 0 Å². The molecule has 0 spiro atoms. The molecule has 5 rings (SSSR count). The Hall–Kier alpha value is -3.99. The predicted octanol–water partition coefficient (Wildman–Crippen LogP) is 5.60. The van der Waals surface area contributed by atoms with E-state index in [1.165, 1.54) is 10.8 Å². The van der Waals surface area contributed by atoms with Crippen LogP contribution >= 0.6 is 0 Å². The predicted molar refractivity (Wildman–Crippen MR) is 132 cm³/mol. The molecule has 0 radical (unpaired) electrons. The molecule has 1 aliphatic rings. The highest BCUT2D eigenvalue weighted by molar-refractivity contribution is 6.01. The Morgan fingerprint density at radius 1 is 0.875 bits per heavy atom. The van der Waals surface area contributed by atoms with E-state index in [1.807, 2.05) is 54.6 Å². The van der Waals surface area contributed by atoms with Gasteiger partial charge in [-0.3, -0.25) is 14.8 Å². The molecule has 4 aromatic rings. The number of nitrogens with one attached hydrogen (secondary N) is 2. The van der Waals surface area contributed by atoms with E-state index in [0.717, 1.165) is 22.3 Å². The molecule has 3 aromatic carbocycles. The Labute approximate surface area is 186 Å². The van der Waals surface area contributed by atoms with E-state index in [9.17, 15) is 4.79 Å². The monoisotopic (exact) mass is 420 g/mol. The lowest BCUT2D eigenvalue weighted by Gasteiger charge is -2.24. The molecule has 2 heterocycles. The average molecular weight is 421 g/mol. The maximum Gasteiger partial charge on any atom is 0.227 e. The summed E-state index contributed by atoms with van der Waals surface area (Å²) in [6, 6.07) is 24.2. The van der Waals surface area contributed by atoms with Crippen LogP contribution in [-0.2, 0) is 4.79 Å². The summed E-state index contributed by atoms with van der Waals surface area (Å²) in [6.45, 7) is 0.709. The minimum Gasteiger partial charge on any atom is -0.384 e. The second-order valence-corrected chi connectivity index (χ2v) is 8.04. The number of benzene rings is 3. The van der Waals surface area contributed by atoms with Gasteiger partial charge < -0.3 is 10.6 Å². The molecule has 0 fully saturated rings. The zero-order valence-corrected chi connectivity index (χ0v) is 17.7. The van der Waals surface area contributed by atoms with E-state index in [1.54, 1.807) is 12.4 Å². The number of amides is 1. The number of nitrogens with zero attached hydrogens (tertiary/aromatic N) is 2. The zero-order chi connectivity index (χ0) is 21.8. The number of carbonyl (C=O) groups excluding carboxylic acids is 1. The van der Waals surface area contributed by atoms with Gasteiger partial charge in [-0.05, 0) is 48.2 Å². The first-order valence-corrected chi connectivity index (χ1v) is 10.8. The highest BCUT2D eigenvalue weighted by atomic mass is 16.1. The fourth-order valence-corrected chi connectivity index (χ4v) is 4.28. The van der Waals surface area contributed by atoms with Crippen molar-refractivity contribution >= 4 is 45.2 Å². The standard InChI is InChI=1S/C27H24N4O/c32-26(31-25-13-4-12-24-22(25)10-5-16-28-24)19-27(14-6-17-30-27)15-18-29-23-11-3-8-20-7-1-2-9-21(20)23/h1-14,16-17,29H,15,18-19H2,(H,31,32). The van der Waals surface area contributed by atoms with Crippen molar-refractivity contribution in [1.82, 2.24) is 4.98 Å². The zero-order valence-electron chi connectivity index (χ0n) is 17.7. The number of aromatic nitrogens is 1. The smallest absolute Gasteiger partial charge is 0.227 e. The number of anilines is 2. The van der Waals surface area contributed by atoms with Crippen LogP contribution in [0.25, 0.3) is 21.7 Å². The highest BCUT2D eigenvalue weighted by Crippen LogP contribution is 2.29. The van der Waals surface area contributed by atoms with Gasteiger partial charge in [0.15, 0.2) is 0 Å². The van der Waals surface area contributed by atoms with E-state index in [4.69, 9.17) is 0 Å². The molecule has 2 N–H and O–H groups in total. The van der Waals surface area contributed by atoms with Crippen molar-refractivity contribution in [3.8, 4) is 0 Å². The number of aliphatic imine (C=N–C) groups is 1. The van der Waals surface area contributed by atoms with Crippen molar-refractivity contribution in [3.63, 3.8) is 0 Å². The van der Waals surface area contributed by atoms with Crippen LogP contribution in [0, 0.1) is 0 Å². The Balaban J connectivity index is 1.27. The third kappa shape index (κ3) is 4.10. The molecule has 1 aliphatic heterocycles. The van der Waals surface area contributed by atoms with Crippen LogP contribution < -0.4 is 10.6 Å². The molecule has 32 heavy (non-hydrogen) atoms. The van der Waals surface area contributed by atoms with Crippen LogP contribution in [0.3, 0.4) is 0 Å². The fourth-order valence-electron chi connectivity index (χ4n) is 4.28.